The quantitative estimate of drug-likeness (QED) is 0.687. The maximum Gasteiger partial charge on any atom is 0.320 e. The summed E-state index contributed by atoms with van der Waals surface area (Å²) in [7, 11) is 0. The van der Waals surface area contributed by atoms with E-state index < -0.39 is 12.0 Å². The SMILES string of the molecule is CCC[C@@H](C)[C@H](N)C(=O)O.Cl. The smallest absolute Gasteiger partial charge is 0.320 e. The van der Waals surface area contributed by atoms with Crippen LogP contribution in [0.1, 0.15) is 26.7 Å². The second-order valence-corrected chi connectivity index (χ2v) is 2.63. The first-order valence-corrected chi connectivity index (χ1v) is 3.58. The van der Waals surface area contributed by atoms with Gasteiger partial charge < -0.3 is 10.8 Å². The second kappa shape index (κ2) is 6.43. The summed E-state index contributed by atoms with van der Waals surface area (Å²) in [5.41, 5.74) is 5.35. The molecule has 0 aromatic carbocycles. The molecule has 0 fully saturated rings. The molecule has 0 saturated heterocycles. The lowest BCUT2D eigenvalue weighted by Crippen LogP contribution is -2.36. The van der Waals surface area contributed by atoms with E-state index in [0.717, 1.165) is 12.8 Å². The van der Waals surface area contributed by atoms with Crippen LogP contribution in [-0.2, 0) is 4.79 Å². The summed E-state index contributed by atoms with van der Waals surface area (Å²) in [5, 5.41) is 8.45. The molecular weight excluding hydrogens is 166 g/mol. The van der Waals surface area contributed by atoms with Gasteiger partial charge in [-0.15, -0.1) is 12.4 Å². The number of carboxylic acid groups (broad SMARTS) is 1. The maximum atomic E-state index is 10.3. The fourth-order valence-electron chi connectivity index (χ4n) is 0.878. The number of carboxylic acids is 1. The number of hydrogen-bond donors (Lipinski definition) is 2. The van der Waals surface area contributed by atoms with E-state index in [1.165, 1.54) is 0 Å². The monoisotopic (exact) mass is 181 g/mol. The van der Waals surface area contributed by atoms with Crippen molar-refractivity contribution in [1.82, 2.24) is 0 Å². The minimum Gasteiger partial charge on any atom is -0.480 e. The van der Waals surface area contributed by atoms with E-state index in [1.54, 1.807) is 0 Å². The molecule has 3 nitrogen and oxygen atoms in total. The van der Waals surface area contributed by atoms with Crippen molar-refractivity contribution in [3.05, 3.63) is 0 Å². The molecule has 0 spiro atoms. The first kappa shape index (κ1) is 13.3. The molecule has 4 heteroatoms. The summed E-state index contributed by atoms with van der Waals surface area (Å²) in [6, 6.07) is -0.694. The molecule has 0 aliphatic carbocycles. The fourth-order valence-corrected chi connectivity index (χ4v) is 0.878. The Labute approximate surface area is 73.4 Å². The molecule has 3 N–H and O–H groups in total. The zero-order chi connectivity index (χ0) is 8.15. The molecule has 0 aliphatic rings. The van der Waals surface area contributed by atoms with Crippen molar-refractivity contribution in [1.29, 1.82) is 0 Å². The molecule has 0 aromatic heterocycles. The maximum absolute atomic E-state index is 10.3. The normalized spacial score (nSPS) is 14.8. The van der Waals surface area contributed by atoms with Gasteiger partial charge in [-0.2, -0.15) is 0 Å². The third-order valence-electron chi connectivity index (χ3n) is 1.64. The van der Waals surface area contributed by atoms with Gasteiger partial charge in [0, 0.05) is 0 Å². The number of halogens is 1. The van der Waals surface area contributed by atoms with Gasteiger partial charge in [0.1, 0.15) is 6.04 Å². The van der Waals surface area contributed by atoms with Crippen LogP contribution in [0, 0.1) is 5.92 Å². The van der Waals surface area contributed by atoms with Crippen LogP contribution in [0.15, 0.2) is 0 Å². The average molecular weight is 182 g/mol. The van der Waals surface area contributed by atoms with Gasteiger partial charge >= 0.3 is 5.97 Å². The van der Waals surface area contributed by atoms with Crippen molar-refractivity contribution in [3.63, 3.8) is 0 Å². The van der Waals surface area contributed by atoms with Crippen LogP contribution < -0.4 is 5.73 Å². The molecule has 0 heterocycles. The molecule has 0 saturated carbocycles. The summed E-state index contributed by atoms with van der Waals surface area (Å²) in [5.74, 6) is -0.816. The van der Waals surface area contributed by atoms with Crippen molar-refractivity contribution < 1.29 is 9.90 Å². The zero-order valence-electron chi connectivity index (χ0n) is 6.91. The van der Waals surface area contributed by atoms with E-state index in [-0.39, 0.29) is 18.3 Å². The molecule has 0 rings (SSSR count). The van der Waals surface area contributed by atoms with Gasteiger partial charge in [-0.05, 0) is 12.3 Å². The predicted octanol–water partition coefficient (Wildman–Crippen LogP) is 1.26. The molecule has 0 amide bonds. The molecule has 68 valence electrons. The highest BCUT2D eigenvalue weighted by molar-refractivity contribution is 5.85. The number of aliphatic carboxylic acids is 1. The highest BCUT2D eigenvalue weighted by Crippen LogP contribution is 2.08. The molecule has 0 bridgehead atoms. The highest BCUT2D eigenvalue weighted by Gasteiger charge is 2.18. The Kier molecular flexibility index (Phi) is 7.79. The van der Waals surface area contributed by atoms with Crippen LogP contribution in [-0.4, -0.2) is 17.1 Å². The van der Waals surface area contributed by atoms with Gasteiger partial charge in [0.05, 0.1) is 0 Å². The topological polar surface area (TPSA) is 63.3 Å². The number of hydrogen-bond acceptors (Lipinski definition) is 2. The van der Waals surface area contributed by atoms with E-state index in [0.29, 0.717) is 0 Å². The molecule has 11 heavy (non-hydrogen) atoms. The molecular formula is C7H16ClNO2. The Morgan fingerprint density at radius 2 is 2.09 bits per heavy atom. The van der Waals surface area contributed by atoms with Gasteiger partial charge in [0.25, 0.3) is 0 Å². The molecule has 0 radical (unpaired) electrons. The van der Waals surface area contributed by atoms with Gasteiger partial charge in [-0.3, -0.25) is 4.79 Å². The summed E-state index contributed by atoms with van der Waals surface area (Å²) >= 11 is 0. The summed E-state index contributed by atoms with van der Waals surface area (Å²) in [6.45, 7) is 3.88. The first-order valence-electron chi connectivity index (χ1n) is 3.58. The van der Waals surface area contributed by atoms with Crippen molar-refractivity contribution in [2.24, 2.45) is 11.7 Å². The van der Waals surface area contributed by atoms with Crippen LogP contribution in [0.4, 0.5) is 0 Å². The van der Waals surface area contributed by atoms with Crippen LogP contribution >= 0.6 is 12.4 Å². The minimum atomic E-state index is -0.902. The Morgan fingerprint density at radius 1 is 1.64 bits per heavy atom. The fraction of sp³-hybridized carbons (Fsp3) is 0.857. The Bertz CT molecular complexity index is 119. The lowest BCUT2D eigenvalue weighted by molar-refractivity contribution is -0.139. The van der Waals surface area contributed by atoms with E-state index in [2.05, 4.69) is 0 Å². The summed E-state index contributed by atoms with van der Waals surface area (Å²) in [4.78, 5) is 10.3. The largest absolute Gasteiger partial charge is 0.480 e. The lowest BCUT2D eigenvalue weighted by Gasteiger charge is -2.13. The minimum absolute atomic E-state index is 0. The third-order valence-corrected chi connectivity index (χ3v) is 1.64. The van der Waals surface area contributed by atoms with Crippen molar-refractivity contribution >= 4 is 18.4 Å². The second-order valence-electron chi connectivity index (χ2n) is 2.63. The average Bonchev–Trinajstić information content (AvgIpc) is 1.87. The van der Waals surface area contributed by atoms with Crippen molar-refractivity contribution in [2.75, 3.05) is 0 Å². The number of nitrogens with two attached hydrogens (primary N) is 1. The molecule has 0 aromatic rings. The van der Waals surface area contributed by atoms with Crippen LogP contribution in [0.5, 0.6) is 0 Å². The highest BCUT2D eigenvalue weighted by atomic mass is 35.5. The Morgan fingerprint density at radius 3 is 2.36 bits per heavy atom. The Hall–Kier alpha value is -0.280. The number of carbonyl (C=O) groups is 1. The van der Waals surface area contributed by atoms with Crippen LogP contribution in [0.25, 0.3) is 0 Å². The number of rotatable bonds is 4. The molecule has 2 atom stereocenters. The predicted molar refractivity (Wildman–Crippen MR) is 46.9 cm³/mol. The summed E-state index contributed by atoms with van der Waals surface area (Å²) in [6.07, 6.45) is 1.87. The van der Waals surface area contributed by atoms with E-state index in [9.17, 15) is 4.79 Å². The van der Waals surface area contributed by atoms with E-state index in [1.807, 2.05) is 13.8 Å². The zero-order valence-corrected chi connectivity index (χ0v) is 7.73. The first-order chi connectivity index (χ1) is 4.59. The summed E-state index contributed by atoms with van der Waals surface area (Å²) < 4.78 is 0. The van der Waals surface area contributed by atoms with Gasteiger partial charge in [-0.25, -0.2) is 0 Å². The Balaban J connectivity index is 0. The van der Waals surface area contributed by atoms with Crippen molar-refractivity contribution in [2.45, 2.75) is 32.7 Å². The van der Waals surface area contributed by atoms with E-state index >= 15 is 0 Å². The van der Waals surface area contributed by atoms with Crippen LogP contribution in [0.2, 0.25) is 0 Å². The van der Waals surface area contributed by atoms with Gasteiger partial charge in [-0.1, -0.05) is 20.3 Å². The molecule has 0 unspecified atom stereocenters. The lowest BCUT2D eigenvalue weighted by atomic mass is 9.98. The van der Waals surface area contributed by atoms with Gasteiger partial charge in [0.2, 0.25) is 0 Å². The standard InChI is InChI=1S/C7H15NO2.ClH/c1-3-4-5(2)6(8)7(9)10;/h5-6H,3-4,8H2,1-2H3,(H,9,10);1H/t5-,6+;/m1./s1. The third kappa shape index (κ3) is 5.04. The van der Waals surface area contributed by atoms with Crippen molar-refractivity contribution in [3.8, 4) is 0 Å². The van der Waals surface area contributed by atoms with Crippen LogP contribution in [0.3, 0.4) is 0 Å². The molecule has 0 aliphatic heterocycles. The van der Waals surface area contributed by atoms with Gasteiger partial charge in [0.15, 0.2) is 0 Å². The van der Waals surface area contributed by atoms with E-state index in [4.69, 9.17) is 10.8 Å².